The van der Waals surface area contributed by atoms with E-state index in [9.17, 15) is 15.2 Å². The van der Waals surface area contributed by atoms with Gasteiger partial charge in [-0.1, -0.05) is 62.2 Å². The highest BCUT2D eigenvalue weighted by Crippen LogP contribution is 2.70. The van der Waals surface area contributed by atoms with E-state index in [1.54, 1.807) is 23.0 Å². The lowest BCUT2D eigenvalue weighted by Crippen LogP contribution is -2.48. The van der Waals surface area contributed by atoms with Gasteiger partial charge in [-0.25, -0.2) is 8.78 Å². The normalized spacial score (nSPS) is 25.8. The van der Waals surface area contributed by atoms with Crippen LogP contribution in [0.3, 0.4) is 0 Å². The number of aliphatic hydroxyl groups excluding tert-OH is 1. The number of nitrogens with zero attached hydrogens (tertiary/aromatic N) is 4. The van der Waals surface area contributed by atoms with Crippen molar-refractivity contribution >= 4 is 34.9 Å². The minimum Gasteiger partial charge on any atom is -0.389 e. The monoisotopic (exact) mass is 716 g/mol. The number of carbonyl (C=O) groups is 1. The van der Waals surface area contributed by atoms with E-state index in [4.69, 9.17) is 27.9 Å². The number of amides is 1. The highest BCUT2D eigenvalue weighted by molar-refractivity contribution is 6.31. The van der Waals surface area contributed by atoms with Crippen LogP contribution in [0, 0.1) is 34.3 Å². The lowest BCUT2D eigenvalue weighted by molar-refractivity contribution is -0.118. The van der Waals surface area contributed by atoms with Crippen molar-refractivity contribution in [3.05, 3.63) is 81.5 Å². The van der Waals surface area contributed by atoms with Gasteiger partial charge in [-0.3, -0.25) is 14.8 Å². The first kappa shape index (κ1) is 37.2. The minimum absolute atomic E-state index is 0.0216. The summed E-state index contributed by atoms with van der Waals surface area (Å²) < 4.78 is 39.7. The van der Waals surface area contributed by atoms with Crippen molar-refractivity contribution in [1.82, 2.24) is 20.0 Å². The second-order valence-electron chi connectivity index (χ2n) is 15.3. The van der Waals surface area contributed by atoms with E-state index in [1.165, 1.54) is 24.3 Å². The number of ether oxygens (including phenoxy) is 1. The molecule has 1 aromatic heterocycles. The molecule has 5 rings (SSSR count). The lowest BCUT2D eigenvalue weighted by atomic mass is 9.62. The summed E-state index contributed by atoms with van der Waals surface area (Å²) in [6, 6.07) is 11.4. The fourth-order valence-electron chi connectivity index (χ4n) is 7.70. The van der Waals surface area contributed by atoms with Crippen LogP contribution >= 0.6 is 23.2 Å². The molecule has 2 aromatic carbocycles. The Morgan fingerprint density at radius 3 is 2.55 bits per heavy atom. The van der Waals surface area contributed by atoms with Crippen molar-refractivity contribution < 1.29 is 23.4 Å². The summed E-state index contributed by atoms with van der Waals surface area (Å²) in [5.41, 5.74) is -3.82. The molecule has 9 nitrogen and oxygen atoms in total. The van der Waals surface area contributed by atoms with E-state index < -0.39 is 52.2 Å². The van der Waals surface area contributed by atoms with Gasteiger partial charge >= 0.3 is 0 Å². The average molecular weight is 718 g/mol. The van der Waals surface area contributed by atoms with Gasteiger partial charge in [-0.2, -0.15) is 10.4 Å². The molecule has 13 heteroatoms. The summed E-state index contributed by atoms with van der Waals surface area (Å²) in [5, 5.41) is 32.2. The van der Waals surface area contributed by atoms with Gasteiger partial charge in [0.15, 0.2) is 5.82 Å². The molecule has 1 aliphatic heterocycles. The Kier molecular flexibility index (Phi) is 10.3. The Morgan fingerprint density at radius 2 is 1.94 bits per heavy atom. The third-order valence-corrected chi connectivity index (χ3v) is 10.3. The van der Waals surface area contributed by atoms with Gasteiger partial charge < -0.3 is 20.1 Å². The van der Waals surface area contributed by atoms with Crippen LogP contribution < -0.4 is 10.6 Å². The maximum absolute atomic E-state index is 16.1. The topological polar surface area (TPSA) is 115 Å². The molecule has 1 aliphatic carbocycles. The fraction of sp³-hybridized carbons (Fsp3) is 0.528. The van der Waals surface area contributed by atoms with Gasteiger partial charge in [-0.05, 0) is 69.5 Å². The van der Waals surface area contributed by atoms with Crippen molar-refractivity contribution in [1.29, 1.82) is 5.26 Å². The highest BCUT2D eigenvalue weighted by Gasteiger charge is 2.79. The summed E-state index contributed by atoms with van der Waals surface area (Å²) in [5.74, 6) is -3.21. The smallest absolute Gasteiger partial charge is 0.243 e. The summed E-state index contributed by atoms with van der Waals surface area (Å²) in [7, 11) is 3.73. The van der Waals surface area contributed by atoms with E-state index in [-0.39, 0.29) is 44.9 Å². The number of likely N-dealkylation sites (N-methyl/N-ethyl adjacent to an activating group) is 1. The van der Waals surface area contributed by atoms with Crippen molar-refractivity contribution in [2.75, 3.05) is 32.6 Å². The second-order valence-corrected chi connectivity index (χ2v) is 16.1. The number of benzene rings is 2. The molecule has 1 unspecified atom stereocenters. The van der Waals surface area contributed by atoms with Crippen LogP contribution in [0.2, 0.25) is 10.0 Å². The fourth-order valence-corrected chi connectivity index (χ4v) is 8.04. The van der Waals surface area contributed by atoms with Gasteiger partial charge in [-0.15, -0.1) is 0 Å². The van der Waals surface area contributed by atoms with Gasteiger partial charge in [0.1, 0.15) is 17.0 Å². The molecule has 2 heterocycles. The Balaban J connectivity index is 1.51. The summed E-state index contributed by atoms with van der Waals surface area (Å²) >= 11 is 12.4. The molecule has 1 amide bonds. The molecule has 3 aromatic rings. The first-order valence-electron chi connectivity index (χ1n) is 16.2. The zero-order valence-corrected chi connectivity index (χ0v) is 30.3. The molecule has 3 N–H and O–H groups in total. The zero-order valence-electron chi connectivity index (χ0n) is 28.8. The maximum Gasteiger partial charge on any atom is 0.243 e. The van der Waals surface area contributed by atoms with Crippen molar-refractivity contribution in [2.45, 2.75) is 82.2 Å². The molecule has 264 valence electrons. The zero-order chi connectivity index (χ0) is 36.1. The molecule has 0 bridgehead atoms. The molecule has 2 aliphatic rings. The van der Waals surface area contributed by atoms with E-state index in [0.29, 0.717) is 19.5 Å². The number of rotatable bonds is 11. The van der Waals surface area contributed by atoms with Crippen LogP contribution in [-0.4, -0.2) is 76.2 Å². The van der Waals surface area contributed by atoms with Crippen LogP contribution in [0.4, 0.5) is 14.6 Å². The largest absolute Gasteiger partial charge is 0.389 e. The van der Waals surface area contributed by atoms with E-state index in [2.05, 4.69) is 21.8 Å². The Hall–Kier alpha value is -3.11. The molecule has 49 heavy (non-hydrogen) atoms. The first-order chi connectivity index (χ1) is 22.8. The third kappa shape index (κ3) is 7.09. The number of anilines is 1. The number of hydrogen-bond acceptors (Lipinski definition) is 7. The standard InChI is InChI=1S/C36H44Cl2F2N6O3/c1-33(2,3)27-16-36(27)35(19-41,24-12-11-21(37)15-26(24)39)29(23-9-8-10-25(38)30(23)40)31(43-36)32(48)42-28-13-14-46(44-28)20-34(4,5)49-18-22(47)17-45(6)7/h8-15,22,27,29,31,43,47H,16-18,20H2,1-7H3,(H,42,44,48)/t22-,27+,29+,31-,35-,36?/m1/s1. The van der Waals surface area contributed by atoms with Crippen LogP contribution in [0.25, 0.3) is 0 Å². The number of aromatic nitrogens is 2. The van der Waals surface area contributed by atoms with Gasteiger partial charge in [0.05, 0.1) is 42.0 Å². The van der Waals surface area contributed by atoms with Crippen LogP contribution in [0.1, 0.15) is 58.1 Å². The average Bonchev–Trinajstić information content (AvgIpc) is 3.49. The lowest BCUT2D eigenvalue weighted by Gasteiger charge is -2.37. The minimum atomic E-state index is -1.73. The highest BCUT2D eigenvalue weighted by atomic mass is 35.5. The van der Waals surface area contributed by atoms with Crippen LogP contribution in [0.15, 0.2) is 48.7 Å². The number of nitrogens with one attached hydrogen (secondary N) is 2. The number of nitriles is 1. The van der Waals surface area contributed by atoms with Crippen molar-refractivity contribution in [3.8, 4) is 6.07 Å². The van der Waals surface area contributed by atoms with Crippen LogP contribution in [0.5, 0.6) is 0 Å². The Morgan fingerprint density at radius 1 is 1.22 bits per heavy atom. The van der Waals surface area contributed by atoms with E-state index in [1.807, 2.05) is 53.6 Å². The third-order valence-electron chi connectivity index (χ3n) is 9.73. The quantitative estimate of drug-likeness (QED) is 0.218. The predicted octanol–water partition coefficient (Wildman–Crippen LogP) is 6.15. The maximum atomic E-state index is 16.1. The SMILES string of the molecule is CN(C)C[C@@H](O)COC(C)(C)Cn1ccc(NC(=O)[C@@H]2NC3(C[C@H]3C(C)(C)C)[C@](C#N)(c3ccc(Cl)cc3F)[C@H]2c2cccc(Cl)c2F)n1. The van der Waals surface area contributed by atoms with E-state index in [0.717, 1.165) is 6.07 Å². The van der Waals surface area contributed by atoms with Crippen molar-refractivity contribution in [3.63, 3.8) is 0 Å². The molecule has 2 fully saturated rings. The number of carbonyl (C=O) groups excluding carboxylic acids is 1. The molecule has 0 radical (unpaired) electrons. The van der Waals surface area contributed by atoms with Gasteiger partial charge in [0, 0.05) is 40.9 Å². The first-order valence-corrected chi connectivity index (χ1v) is 17.0. The molecular formula is C36H44Cl2F2N6O3. The summed E-state index contributed by atoms with van der Waals surface area (Å²) in [6.45, 7) is 10.7. The van der Waals surface area contributed by atoms with Crippen molar-refractivity contribution in [2.24, 2.45) is 11.3 Å². The molecular weight excluding hydrogens is 673 g/mol. The summed E-state index contributed by atoms with van der Waals surface area (Å²) in [6.07, 6.45) is 1.47. The van der Waals surface area contributed by atoms with Gasteiger partial charge in [0.2, 0.25) is 5.91 Å². The number of halogens is 4. The van der Waals surface area contributed by atoms with E-state index >= 15 is 8.78 Å². The Bertz CT molecular complexity index is 1750. The molecule has 6 atom stereocenters. The molecule has 1 saturated carbocycles. The predicted molar refractivity (Wildman–Crippen MR) is 186 cm³/mol. The second kappa shape index (κ2) is 13.5. The Labute approximate surface area is 296 Å². The van der Waals surface area contributed by atoms with Gasteiger partial charge in [0.25, 0.3) is 0 Å². The molecule has 1 saturated heterocycles. The number of aliphatic hydroxyl groups is 1. The number of hydrogen-bond donors (Lipinski definition) is 3. The molecule has 1 spiro atoms. The summed E-state index contributed by atoms with van der Waals surface area (Å²) in [4.78, 5) is 16.2. The van der Waals surface area contributed by atoms with Crippen LogP contribution in [-0.2, 0) is 21.5 Å².